The van der Waals surface area contributed by atoms with Gasteiger partial charge in [-0.25, -0.2) is 0 Å². The highest BCUT2D eigenvalue weighted by atomic mass is 16.4. The van der Waals surface area contributed by atoms with E-state index >= 15 is 0 Å². The van der Waals surface area contributed by atoms with Crippen molar-refractivity contribution in [2.75, 3.05) is 6.61 Å². The standard InChI is InChI=1S/C6H12O4/c7-2-3-1-4(8)6(10)5(3)9/h3-10H,1-2H2/t3-,4+,5-,6-/m0/s1. The molecule has 1 aliphatic carbocycles. The fraction of sp³-hybridized carbons (Fsp3) is 1.00. The van der Waals surface area contributed by atoms with Gasteiger partial charge < -0.3 is 20.4 Å². The number of aliphatic hydroxyl groups excluding tert-OH is 4. The van der Waals surface area contributed by atoms with E-state index in [-0.39, 0.29) is 18.9 Å². The SMILES string of the molecule is OC[C@@H]1C[C@@H](O)[C@H](O)[C@H]1O. The molecule has 1 fully saturated rings. The van der Waals surface area contributed by atoms with Crippen molar-refractivity contribution in [2.45, 2.75) is 24.7 Å². The number of aliphatic hydroxyl groups is 4. The lowest BCUT2D eigenvalue weighted by atomic mass is 10.1. The summed E-state index contributed by atoms with van der Waals surface area (Å²) in [6.07, 6.45) is -2.66. The van der Waals surface area contributed by atoms with E-state index in [0.717, 1.165) is 0 Å². The predicted molar refractivity (Wildman–Crippen MR) is 33.2 cm³/mol. The molecular formula is C6H12O4. The lowest BCUT2D eigenvalue weighted by Gasteiger charge is -2.12. The zero-order chi connectivity index (χ0) is 7.72. The summed E-state index contributed by atoms with van der Waals surface area (Å²) < 4.78 is 0. The van der Waals surface area contributed by atoms with Crippen LogP contribution in [-0.2, 0) is 0 Å². The molecule has 4 atom stereocenters. The van der Waals surface area contributed by atoms with Gasteiger partial charge in [-0.05, 0) is 6.42 Å². The summed E-state index contributed by atoms with van der Waals surface area (Å²) >= 11 is 0. The Morgan fingerprint density at radius 1 is 1.10 bits per heavy atom. The third-order valence-corrected chi connectivity index (χ3v) is 2.01. The molecule has 4 nitrogen and oxygen atoms in total. The largest absolute Gasteiger partial charge is 0.396 e. The van der Waals surface area contributed by atoms with Gasteiger partial charge >= 0.3 is 0 Å². The molecule has 1 aliphatic rings. The van der Waals surface area contributed by atoms with Gasteiger partial charge in [0.05, 0.1) is 12.2 Å². The van der Waals surface area contributed by atoms with Crippen LogP contribution in [0, 0.1) is 5.92 Å². The van der Waals surface area contributed by atoms with E-state index in [4.69, 9.17) is 20.4 Å². The molecule has 0 radical (unpaired) electrons. The highest BCUT2D eigenvalue weighted by Gasteiger charge is 2.39. The Kier molecular flexibility index (Phi) is 2.25. The Bertz CT molecular complexity index is 116. The smallest absolute Gasteiger partial charge is 0.106 e. The van der Waals surface area contributed by atoms with E-state index in [2.05, 4.69) is 0 Å². The van der Waals surface area contributed by atoms with Gasteiger partial charge in [-0.3, -0.25) is 0 Å². The van der Waals surface area contributed by atoms with Crippen LogP contribution < -0.4 is 0 Å². The lowest BCUT2D eigenvalue weighted by Crippen LogP contribution is -2.31. The maximum atomic E-state index is 9.06. The average Bonchev–Trinajstić information content (AvgIpc) is 2.17. The minimum Gasteiger partial charge on any atom is -0.396 e. The van der Waals surface area contributed by atoms with Crippen LogP contribution in [0.4, 0.5) is 0 Å². The lowest BCUT2D eigenvalue weighted by molar-refractivity contribution is -0.0302. The Morgan fingerprint density at radius 2 is 1.70 bits per heavy atom. The van der Waals surface area contributed by atoms with E-state index < -0.39 is 18.3 Å². The van der Waals surface area contributed by atoms with Crippen LogP contribution >= 0.6 is 0 Å². The normalized spacial score (nSPS) is 48.0. The predicted octanol–water partition coefficient (Wildman–Crippen LogP) is -1.92. The molecule has 1 saturated carbocycles. The highest BCUT2D eigenvalue weighted by molar-refractivity contribution is 4.90. The molecule has 0 bridgehead atoms. The molecule has 0 aromatic rings. The minimum atomic E-state index is -1.09. The van der Waals surface area contributed by atoms with Crippen molar-refractivity contribution in [1.29, 1.82) is 0 Å². The van der Waals surface area contributed by atoms with Crippen molar-refractivity contribution in [3.8, 4) is 0 Å². The van der Waals surface area contributed by atoms with Crippen LogP contribution in [0.25, 0.3) is 0 Å². The van der Waals surface area contributed by atoms with E-state index in [1.54, 1.807) is 0 Å². The Morgan fingerprint density at radius 3 is 1.90 bits per heavy atom. The van der Waals surface area contributed by atoms with Crippen LogP contribution in [-0.4, -0.2) is 45.3 Å². The van der Waals surface area contributed by atoms with Crippen molar-refractivity contribution >= 4 is 0 Å². The first kappa shape index (κ1) is 7.94. The molecule has 0 aliphatic heterocycles. The second-order valence-electron chi connectivity index (χ2n) is 2.73. The summed E-state index contributed by atoms with van der Waals surface area (Å²) in [5.74, 6) is -0.370. The highest BCUT2D eigenvalue weighted by Crippen LogP contribution is 2.25. The quantitative estimate of drug-likeness (QED) is 0.349. The number of hydrogen-bond acceptors (Lipinski definition) is 4. The average molecular weight is 148 g/mol. The van der Waals surface area contributed by atoms with Gasteiger partial charge in [0.15, 0.2) is 0 Å². The van der Waals surface area contributed by atoms with Crippen molar-refractivity contribution in [3.63, 3.8) is 0 Å². The summed E-state index contributed by atoms with van der Waals surface area (Å²) in [5, 5.41) is 35.6. The van der Waals surface area contributed by atoms with Crippen LogP contribution in [0.5, 0.6) is 0 Å². The Hall–Kier alpha value is -0.160. The first-order chi connectivity index (χ1) is 4.66. The first-order valence-corrected chi connectivity index (χ1v) is 3.32. The third-order valence-electron chi connectivity index (χ3n) is 2.01. The van der Waals surface area contributed by atoms with E-state index in [9.17, 15) is 0 Å². The number of rotatable bonds is 1. The van der Waals surface area contributed by atoms with Crippen molar-refractivity contribution in [3.05, 3.63) is 0 Å². The summed E-state index contributed by atoms with van der Waals surface area (Å²) in [6, 6.07) is 0. The third kappa shape index (κ3) is 1.15. The summed E-state index contributed by atoms with van der Waals surface area (Å²) in [7, 11) is 0. The van der Waals surface area contributed by atoms with Gasteiger partial charge in [0.2, 0.25) is 0 Å². The summed E-state index contributed by atoms with van der Waals surface area (Å²) in [4.78, 5) is 0. The van der Waals surface area contributed by atoms with Gasteiger partial charge in [-0.1, -0.05) is 0 Å². The second-order valence-corrected chi connectivity index (χ2v) is 2.73. The van der Waals surface area contributed by atoms with Crippen molar-refractivity contribution in [1.82, 2.24) is 0 Å². The second kappa shape index (κ2) is 2.84. The summed E-state index contributed by atoms with van der Waals surface area (Å²) in [6.45, 7) is -0.185. The molecule has 4 heteroatoms. The molecule has 0 aromatic carbocycles. The molecule has 1 rings (SSSR count). The van der Waals surface area contributed by atoms with Gasteiger partial charge in [0.25, 0.3) is 0 Å². The van der Waals surface area contributed by atoms with Crippen LogP contribution in [0.3, 0.4) is 0 Å². The van der Waals surface area contributed by atoms with Crippen LogP contribution in [0.2, 0.25) is 0 Å². The van der Waals surface area contributed by atoms with Gasteiger partial charge in [-0.15, -0.1) is 0 Å². The molecular weight excluding hydrogens is 136 g/mol. The molecule has 0 amide bonds. The van der Waals surface area contributed by atoms with Gasteiger partial charge in [-0.2, -0.15) is 0 Å². The van der Waals surface area contributed by atoms with Crippen molar-refractivity contribution in [2.24, 2.45) is 5.92 Å². The zero-order valence-electron chi connectivity index (χ0n) is 5.51. The van der Waals surface area contributed by atoms with E-state index in [1.807, 2.05) is 0 Å². The monoisotopic (exact) mass is 148 g/mol. The molecule has 0 spiro atoms. The molecule has 60 valence electrons. The molecule has 10 heavy (non-hydrogen) atoms. The Labute approximate surface area is 58.7 Å². The first-order valence-electron chi connectivity index (χ1n) is 3.32. The fourth-order valence-electron chi connectivity index (χ4n) is 1.28. The molecule has 0 heterocycles. The summed E-state index contributed by atoms with van der Waals surface area (Å²) in [5.41, 5.74) is 0. The van der Waals surface area contributed by atoms with E-state index in [1.165, 1.54) is 0 Å². The molecule has 0 saturated heterocycles. The van der Waals surface area contributed by atoms with Crippen LogP contribution in [0.1, 0.15) is 6.42 Å². The van der Waals surface area contributed by atoms with Crippen molar-refractivity contribution < 1.29 is 20.4 Å². The molecule has 4 N–H and O–H groups in total. The minimum absolute atomic E-state index is 0.185. The zero-order valence-corrected chi connectivity index (χ0v) is 5.51. The van der Waals surface area contributed by atoms with E-state index in [0.29, 0.717) is 0 Å². The Balaban J connectivity index is 2.53. The molecule has 0 unspecified atom stereocenters. The van der Waals surface area contributed by atoms with Gasteiger partial charge in [0.1, 0.15) is 6.10 Å². The van der Waals surface area contributed by atoms with Gasteiger partial charge in [0, 0.05) is 12.5 Å². The maximum absolute atomic E-state index is 9.06. The molecule has 0 aromatic heterocycles. The number of hydrogen-bond donors (Lipinski definition) is 4. The van der Waals surface area contributed by atoms with Crippen LogP contribution in [0.15, 0.2) is 0 Å². The topological polar surface area (TPSA) is 80.9 Å². The fourth-order valence-corrected chi connectivity index (χ4v) is 1.28. The maximum Gasteiger partial charge on any atom is 0.106 e.